The molecule has 0 fully saturated rings. The van der Waals surface area contributed by atoms with Gasteiger partial charge >= 0.3 is 0 Å². The topological polar surface area (TPSA) is 40.9 Å². The number of rotatable bonds is 3. The van der Waals surface area contributed by atoms with Crippen LogP contribution < -0.4 is 0 Å². The summed E-state index contributed by atoms with van der Waals surface area (Å²) in [5.41, 5.74) is 1.83. The van der Waals surface area contributed by atoms with Crippen molar-refractivity contribution in [1.29, 1.82) is 5.26 Å². The molecule has 0 amide bonds. The minimum absolute atomic E-state index is 0.117. The van der Waals surface area contributed by atoms with Gasteiger partial charge < -0.3 is 0 Å². The number of carbonyl (C=O) groups excluding carboxylic acids is 1. The summed E-state index contributed by atoms with van der Waals surface area (Å²) in [6.45, 7) is 1.95. The van der Waals surface area contributed by atoms with E-state index in [-0.39, 0.29) is 5.78 Å². The molecule has 2 nitrogen and oxygen atoms in total. The summed E-state index contributed by atoms with van der Waals surface area (Å²) in [4.78, 5) is 12.8. The van der Waals surface area contributed by atoms with Gasteiger partial charge in [-0.3, -0.25) is 4.79 Å². The highest BCUT2D eigenvalue weighted by molar-refractivity contribution is 7.12. The van der Waals surface area contributed by atoms with Crippen LogP contribution in [0.5, 0.6) is 0 Å². The number of ketones is 1. The summed E-state index contributed by atoms with van der Waals surface area (Å²) >= 11 is 1.37. The van der Waals surface area contributed by atoms with Crippen molar-refractivity contribution in [1.82, 2.24) is 0 Å². The maximum atomic E-state index is 12.1. The lowest BCUT2D eigenvalue weighted by Gasteiger charge is -2.07. The molecule has 0 aliphatic carbocycles. The Morgan fingerprint density at radius 3 is 2.76 bits per heavy atom. The lowest BCUT2D eigenvalue weighted by atomic mass is 9.94. The number of aryl methyl sites for hydroxylation is 1. The average Bonchev–Trinajstić information content (AvgIpc) is 2.83. The summed E-state index contributed by atoms with van der Waals surface area (Å²) in [5, 5.41) is 11.0. The minimum Gasteiger partial charge on any atom is -0.291 e. The maximum Gasteiger partial charge on any atom is 0.194 e. The first kappa shape index (κ1) is 11.6. The van der Waals surface area contributed by atoms with E-state index in [0.29, 0.717) is 4.88 Å². The second-order valence-electron chi connectivity index (χ2n) is 3.82. The number of benzene rings is 1. The third-order valence-electron chi connectivity index (χ3n) is 2.53. The lowest BCUT2D eigenvalue weighted by molar-refractivity contribution is 0.0983. The molecule has 3 heteroatoms. The first-order valence-electron chi connectivity index (χ1n) is 5.26. The molecule has 1 aromatic carbocycles. The van der Waals surface area contributed by atoms with Gasteiger partial charge in [0.2, 0.25) is 0 Å². The van der Waals surface area contributed by atoms with E-state index in [1.165, 1.54) is 11.3 Å². The smallest absolute Gasteiger partial charge is 0.194 e. The molecule has 1 heterocycles. The lowest BCUT2D eigenvalue weighted by Crippen LogP contribution is -2.09. The van der Waals surface area contributed by atoms with E-state index >= 15 is 0 Å². The van der Waals surface area contributed by atoms with Crippen molar-refractivity contribution in [3.8, 4) is 6.07 Å². The van der Waals surface area contributed by atoms with Gasteiger partial charge in [0.25, 0.3) is 0 Å². The fourth-order valence-electron chi connectivity index (χ4n) is 1.70. The van der Waals surface area contributed by atoms with Crippen LogP contribution in [0.1, 0.15) is 26.7 Å². The predicted molar refractivity (Wildman–Crippen MR) is 68.2 cm³/mol. The van der Waals surface area contributed by atoms with Gasteiger partial charge in [-0.25, -0.2) is 0 Å². The Hall–Kier alpha value is -1.92. The van der Waals surface area contributed by atoms with Crippen LogP contribution in [0.4, 0.5) is 0 Å². The van der Waals surface area contributed by atoms with Gasteiger partial charge in [-0.2, -0.15) is 5.26 Å². The Bertz CT molecular complexity index is 566. The van der Waals surface area contributed by atoms with Gasteiger partial charge in [0.05, 0.1) is 10.9 Å². The second kappa shape index (κ2) is 4.94. The van der Waals surface area contributed by atoms with E-state index in [4.69, 9.17) is 0 Å². The number of nitriles is 1. The Labute approximate surface area is 104 Å². The Balaban J connectivity index is 2.35. The first-order chi connectivity index (χ1) is 8.22. The van der Waals surface area contributed by atoms with Gasteiger partial charge in [-0.15, -0.1) is 11.3 Å². The van der Waals surface area contributed by atoms with E-state index in [9.17, 15) is 10.1 Å². The zero-order chi connectivity index (χ0) is 12.3. The molecule has 1 atom stereocenters. The van der Waals surface area contributed by atoms with E-state index < -0.39 is 5.92 Å². The summed E-state index contributed by atoms with van der Waals surface area (Å²) in [6.07, 6.45) is 0. The van der Waals surface area contributed by atoms with Crippen molar-refractivity contribution in [3.63, 3.8) is 0 Å². The third-order valence-corrected chi connectivity index (χ3v) is 3.42. The Morgan fingerprint density at radius 2 is 2.18 bits per heavy atom. The van der Waals surface area contributed by atoms with E-state index in [0.717, 1.165) is 11.1 Å². The van der Waals surface area contributed by atoms with E-state index in [1.807, 2.05) is 42.6 Å². The molecule has 0 bridgehead atoms. The summed E-state index contributed by atoms with van der Waals surface area (Å²) < 4.78 is 0. The van der Waals surface area contributed by atoms with Crippen LogP contribution in [-0.4, -0.2) is 5.78 Å². The largest absolute Gasteiger partial charge is 0.291 e. The molecule has 1 unspecified atom stereocenters. The molecule has 0 N–H and O–H groups in total. The Morgan fingerprint density at radius 1 is 1.35 bits per heavy atom. The monoisotopic (exact) mass is 241 g/mol. The van der Waals surface area contributed by atoms with Crippen molar-refractivity contribution < 1.29 is 4.79 Å². The van der Waals surface area contributed by atoms with Gasteiger partial charge in [0.15, 0.2) is 5.78 Å². The highest BCUT2D eigenvalue weighted by Gasteiger charge is 2.22. The first-order valence-corrected chi connectivity index (χ1v) is 6.14. The van der Waals surface area contributed by atoms with Crippen LogP contribution in [0.15, 0.2) is 41.8 Å². The zero-order valence-electron chi connectivity index (χ0n) is 9.38. The molecule has 2 rings (SSSR count). The summed E-state index contributed by atoms with van der Waals surface area (Å²) in [5.74, 6) is -0.818. The number of hydrogen-bond acceptors (Lipinski definition) is 3. The molecule has 0 spiro atoms. The molecule has 0 saturated heterocycles. The highest BCUT2D eigenvalue weighted by atomic mass is 32.1. The van der Waals surface area contributed by atoms with Gasteiger partial charge in [0, 0.05) is 0 Å². The number of hydrogen-bond donors (Lipinski definition) is 0. The molecule has 0 saturated carbocycles. The van der Waals surface area contributed by atoms with E-state index in [1.54, 1.807) is 6.07 Å². The van der Waals surface area contributed by atoms with Gasteiger partial charge in [-0.05, 0) is 23.9 Å². The quantitative estimate of drug-likeness (QED) is 0.771. The maximum absolute atomic E-state index is 12.1. The van der Waals surface area contributed by atoms with Crippen LogP contribution in [-0.2, 0) is 0 Å². The van der Waals surface area contributed by atoms with Crippen molar-refractivity contribution >= 4 is 17.1 Å². The fraction of sp³-hybridized carbons (Fsp3) is 0.143. The molecule has 0 aliphatic heterocycles. The van der Waals surface area contributed by atoms with Gasteiger partial charge in [0.1, 0.15) is 5.92 Å². The summed E-state index contributed by atoms with van der Waals surface area (Å²) in [6, 6.07) is 13.2. The normalized spacial score (nSPS) is 11.8. The minimum atomic E-state index is -0.700. The predicted octanol–water partition coefficient (Wildman–Crippen LogP) is 3.55. The highest BCUT2D eigenvalue weighted by Crippen LogP contribution is 2.23. The van der Waals surface area contributed by atoms with Crippen molar-refractivity contribution in [2.24, 2.45) is 0 Å². The standard InChI is InChI=1S/C14H11NOS/c1-10-4-2-5-11(8-10)12(9-15)14(16)13-6-3-7-17-13/h2-8,12H,1H3. The average molecular weight is 241 g/mol. The van der Waals surface area contributed by atoms with Crippen LogP contribution in [0, 0.1) is 18.3 Å². The number of Topliss-reactive ketones (excluding diaryl/α,β-unsaturated/α-hetero) is 1. The molecule has 17 heavy (non-hydrogen) atoms. The van der Waals surface area contributed by atoms with Gasteiger partial charge in [-0.1, -0.05) is 35.9 Å². The van der Waals surface area contributed by atoms with Crippen molar-refractivity contribution in [3.05, 3.63) is 57.8 Å². The molecular formula is C14H11NOS. The number of nitrogens with zero attached hydrogens (tertiary/aromatic N) is 1. The molecule has 84 valence electrons. The number of thiophene rings is 1. The van der Waals surface area contributed by atoms with Crippen LogP contribution in [0.25, 0.3) is 0 Å². The van der Waals surface area contributed by atoms with Crippen LogP contribution in [0.2, 0.25) is 0 Å². The SMILES string of the molecule is Cc1cccc(C(C#N)C(=O)c2cccs2)c1. The van der Waals surface area contributed by atoms with Crippen LogP contribution >= 0.6 is 11.3 Å². The van der Waals surface area contributed by atoms with E-state index in [2.05, 4.69) is 6.07 Å². The van der Waals surface area contributed by atoms with Crippen molar-refractivity contribution in [2.75, 3.05) is 0 Å². The summed E-state index contributed by atoms with van der Waals surface area (Å²) in [7, 11) is 0. The molecule has 0 radical (unpaired) electrons. The zero-order valence-corrected chi connectivity index (χ0v) is 10.2. The van der Waals surface area contributed by atoms with Crippen LogP contribution in [0.3, 0.4) is 0 Å². The third kappa shape index (κ3) is 2.43. The molecule has 2 aromatic rings. The molecule has 1 aromatic heterocycles. The fourth-order valence-corrected chi connectivity index (χ4v) is 2.39. The Kier molecular flexibility index (Phi) is 3.36. The second-order valence-corrected chi connectivity index (χ2v) is 4.77. The van der Waals surface area contributed by atoms with Crippen molar-refractivity contribution in [2.45, 2.75) is 12.8 Å². The molecular weight excluding hydrogens is 230 g/mol. The number of carbonyl (C=O) groups is 1. The molecule has 0 aliphatic rings.